The number of aryl methyl sites for hydroxylation is 1. The molecule has 0 unspecified atom stereocenters. The van der Waals surface area contributed by atoms with Gasteiger partial charge < -0.3 is 9.55 Å². The minimum absolute atomic E-state index is 0.0572. The van der Waals surface area contributed by atoms with E-state index in [1.54, 1.807) is 13.3 Å². The molecule has 0 aliphatic rings. The van der Waals surface area contributed by atoms with Crippen molar-refractivity contribution >= 4 is 10.0 Å². The molecule has 2 aromatic rings. The first-order chi connectivity index (χ1) is 9.85. The van der Waals surface area contributed by atoms with Crippen LogP contribution in [-0.4, -0.2) is 33.2 Å². The molecular formula is C12H20N6O2S. The largest absolute Gasteiger partial charge is 0.332 e. The molecule has 8 nitrogen and oxygen atoms in total. The second-order valence-electron chi connectivity index (χ2n) is 5.08. The van der Waals surface area contributed by atoms with Crippen molar-refractivity contribution in [3.05, 3.63) is 24.2 Å². The van der Waals surface area contributed by atoms with Crippen molar-refractivity contribution in [1.29, 1.82) is 0 Å². The smallest absolute Gasteiger partial charge is 0.258 e. The Balaban J connectivity index is 2.21. The van der Waals surface area contributed by atoms with E-state index in [0.29, 0.717) is 18.1 Å². The fraction of sp³-hybridized carbons (Fsp3) is 0.583. The van der Waals surface area contributed by atoms with E-state index >= 15 is 0 Å². The molecule has 0 saturated heterocycles. The van der Waals surface area contributed by atoms with Crippen molar-refractivity contribution in [2.45, 2.75) is 51.2 Å². The molecule has 0 bridgehead atoms. The van der Waals surface area contributed by atoms with E-state index in [9.17, 15) is 8.42 Å². The Hall–Kier alpha value is -1.74. The number of rotatable bonds is 6. The van der Waals surface area contributed by atoms with Crippen molar-refractivity contribution < 1.29 is 8.42 Å². The maximum Gasteiger partial charge on any atom is 0.258 e. The van der Waals surface area contributed by atoms with E-state index in [0.717, 1.165) is 0 Å². The van der Waals surface area contributed by atoms with Gasteiger partial charge in [0.15, 0.2) is 10.9 Å². The van der Waals surface area contributed by atoms with Gasteiger partial charge in [-0.2, -0.15) is 4.72 Å². The molecule has 21 heavy (non-hydrogen) atoms. The quantitative estimate of drug-likeness (QED) is 0.833. The summed E-state index contributed by atoms with van der Waals surface area (Å²) in [5.74, 6) is 1.21. The maximum absolute atomic E-state index is 12.3. The summed E-state index contributed by atoms with van der Waals surface area (Å²) < 4.78 is 29.0. The summed E-state index contributed by atoms with van der Waals surface area (Å²) >= 11 is 0. The second-order valence-corrected chi connectivity index (χ2v) is 6.76. The number of H-pyrrole nitrogens is 1. The summed E-state index contributed by atoms with van der Waals surface area (Å²) in [6.07, 6.45) is 3.56. The van der Waals surface area contributed by atoms with Crippen LogP contribution in [0.15, 0.2) is 17.6 Å². The summed E-state index contributed by atoms with van der Waals surface area (Å²) in [5.41, 5.74) is 0. The van der Waals surface area contributed by atoms with Crippen LogP contribution < -0.4 is 4.72 Å². The van der Waals surface area contributed by atoms with Crippen LogP contribution in [0.25, 0.3) is 0 Å². The number of aromatic nitrogens is 5. The minimum Gasteiger partial charge on any atom is -0.332 e. The van der Waals surface area contributed by atoms with Gasteiger partial charge in [0.05, 0.1) is 12.2 Å². The molecule has 0 aliphatic heterocycles. The van der Waals surface area contributed by atoms with Gasteiger partial charge in [-0.1, -0.05) is 6.92 Å². The van der Waals surface area contributed by atoms with E-state index in [4.69, 9.17) is 0 Å². The molecule has 0 aliphatic carbocycles. The van der Waals surface area contributed by atoms with Crippen LogP contribution in [0.1, 0.15) is 51.4 Å². The molecule has 0 fully saturated rings. The van der Waals surface area contributed by atoms with E-state index in [-0.39, 0.29) is 11.1 Å². The predicted molar refractivity (Wildman–Crippen MR) is 77.1 cm³/mol. The van der Waals surface area contributed by atoms with Gasteiger partial charge in [-0.15, -0.1) is 10.2 Å². The van der Waals surface area contributed by atoms with Gasteiger partial charge >= 0.3 is 0 Å². The number of imidazole rings is 1. The van der Waals surface area contributed by atoms with Crippen molar-refractivity contribution in [3.8, 4) is 0 Å². The van der Waals surface area contributed by atoms with Crippen LogP contribution in [0.2, 0.25) is 0 Å². The van der Waals surface area contributed by atoms with E-state index < -0.39 is 16.1 Å². The van der Waals surface area contributed by atoms with Gasteiger partial charge in [0, 0.05) is 12.5 Å². The Morgan fingerprint density at radius 2 is 2.10 bits per heavy atom. The van der Waals surface area contributed by atoms with Gasteiger partial charge in [0.1, 0.15) is 12.2 Å². The summed E-state index contributed by atoms with van der Waals surface area (Å²) in [4.78, 5) is 6.80. The SMILES string of the molecule is CCc1ncc(S(=O)(=O)N[C@H](C)c2nncn2C(C)C)[nH]1. The number of sulfonamides is 1. The van der Waals surface area contributed by atoms with Crippen LogP contribution in [0.4, 0.5) is 0 Å². The zero-order valence-corrected chi connectivity index (χ0v) is 13.3. The number of nitrogens with zero attached hydrogens (tertiary/aromatic N) is 4. The van der Waals surface area contributed by atoms with Crippen LogP contribution in [0, 0.1) is 0 Å². The first-order valence-electron chi connectivity index (χ1n) is 6.80. The molecule has 0 spiro atoms. The molecule has 1 atom stereocenters. The Morgan fingerprint density at radius 3 is 2.67 bits per heavy atom. The molecular weight excluding hydrogens is 292 g/mol. The summed E-state index contributed by atoms with van der Waals surface area (Å²) in [5, 5.41) is 7.90. The third kappa shape index (κ3) is 3.30. The average Bonchev–Trinajstić information content (AvgIpc) is 3.07. The zero-order valence-electron chi connectivity index (χ0n) is 12.5. The average molecular weight is 312 g/mol. The molecule has 0 saturated carbocycles. The summed E-state index contributed by atoms with van der Waals surface area (Å²) in [6.45, 7) is 7.60. The first-order valence-corrected chi connectivity index (χ1v) is 8.29. The molecule has 2 N–H and O–H groups in total. The van der Waals surface area contributed by atoms with Crippen molar-refractivity contribution in [1.82, 2.24) is 29.5 Å². The van der Waals surface area contributed by atoms with Crippen LogP contribution in [0.5, 0.6) is 0 Å². The molecule has 0 radical (unpaired) electrons. The fourth-order valence-corrected chi connectivity index (χ4v) is 3.11. The number of nitrogens with one attached hydrogen (secondary N) is 2. The van der Waals surface area contributed by atoms with Gasteiger partial charge in [0.25, 0.3) is 10.0 Å². The van der Waals surface area contributed by atoms with Crippen LogP contribution in [-0.2, 0) is 16.4 Å². The Labute approximate surface area is 124 Å². The molecule has 2 heterocycles. The molecule has 2 aromatic heterocycles. The fourth-order valence-electron chi connectivity index (χ4n) is 1.97. The van der Waals surface area contributed by atoms with Crippen molar-refractivity contribution in [3.63, 3.8) is 0 Å². The van der Waals surface area contributed by atoms with E-state index in [1.165, 1.54) is 6.20 Å². The van der Waals surface area contributed by atoms with Gasteiger partial charge in [0.2, 0.25) is 0 Å². The Bertz CT molecular complexity index is 703. The number of aromatic amines is 1. The van der Waals surface area contributed by atoms with Crippen molar-refractivity contribution in [2.75, 3.05) is 0 Å². The highest BCUT2D eigenvalue weighted by Crippen LogP contribution is 2.17. The van der Waals surface area contributed by atoms with Crippen LogP contribution >= 0.6 is 0 Å². The topological polar surface area (TPSA) is 106 Å². The standard InChI is InChI=1S/C12H20N6O2S/c1-5-10-13-6-11(15-10)21(19,20)17-9(4)12-16-14-7-18(12)8(2)3/h6-9,17H,5H2,1-4H3,(H,13,15)/t9-/m1/s1. The van der Waals surface area contributed by atoms with E-state index in [1.807, 2.05) is 25.3 Å². The summed E-state index contributed by atoms with van der Waals surface area (Å²) in [6, 6.07) is -0.339. The molecule has 0 amide bonds. The van der Waals surface area contributed by atoms with E-state index in [2.05, 4.69) is 24.9 Å². The number of hydrogen-bond acceptors (Lipinski definition) is 5. The number of hydrogen-bond donors (Lipinski definition) is 2. The molecule has 2 rings (SSSR count). The lowest BCUT2D eigenvalue weighted by Crippen LogP contribution is -2.29. The second kappa shape index (κ2) is 5.94. The highest BCUT2D eigenvalue weighted by molar-refractivity contribution is 7.89. The lowest BCUT2D eigenvalue weighted by atomic mass is 10.3. The van der Waals surface area contributed by atoms with Gasteiger partial charge in [-0.05, 0) is 20.8 Å². The normalized spacial score (nSPS) is 13.8. The summed E-state index contributed by atoms with van der Waals surface area (Å²) in [7, 11) is -3.67. The van der Waals surface area contributed by atoms with Crippen LogP contribution in [0.3, 0.4) is 0 Å². The maximum atomic E-state index is 12.3. The lowest BCUT2D eigenvalue weighted by molar-refractivity contribution is 0.513. The van der Waals surface area contributed by atoms with Gasteiger partial charge in [-0.3, -0.25) is 0 Å². The highest BCUT2D eigenvalue weighted by atomic mass is 32.2. The first kappa shape index (κ1) is 15.6. The van der Waals surface area contributed by atoms with Crippen molar-refractivity contribution in [2.24, 2.45) is 0 Å². The molecule has 9 heteroatoms. The highest BCUT2D eigenvalue weighted by Gasteiger charge is 2.23. The third-order valence-corrected chi connectivity index (χ3v) is 4.56. The molecule has 0 aromatic carbocycles. The molecule has 116 valence electrons. The Kier molecular flexibility index (Phi) is 4.43. The third-order valence-electron chi connectivity index (χ3n) is 3.11. The Morgan fingerprint density at radius 1 is 1.38 bits per heavy atom. The zero-order chi connectivity index (χ0) is 15.6. The predicted octanol–water partition coefficient (Wildman–Crippen LogP) is 1.18. The minimum atomic E-state index is -3.67. The lowest BCUT2D eigenvalue weighted by Gasteiger charge is -2.16. The van der Waals surface area contributed by atoms with Gasteiger partial charge in [-0.25, -0.2) is 13.4 Å². The monoisotopic (exact) mass is 312 g/mol.